The first-order chi connectivity index (χ1) is 6.74. The zero-order valence-corrected chi connectivity index (χ0v) is 8.32. The highest BCUT2D eigenvalue weighted by Crippen LogP contribution is 2.17. The average molecular weight is 211 g/mol. The van der Waals surface area contributed by atoms with Crippen LogP contribution in [0.25, 0.3) is 0 Å². The molecule has 74 valence electrons. The van der Waals surface area contributed by atoms with Gasteiger partial charge in [-0.15, -0.1) is 10.2 Å². The van der Waals surface area contributed by atoms with Crippen LogP contribution < -0.4 is 5.73 Å². The third kappa shape index (κ3) is 2.02. The topological polar surface area (TPSA) is 98.3 Å². The van der Waals surface area contributed by atoms with E-state index in [0.29, 0.717) is 16.9 Å². The fourth-order valence-electron chi connectivity index (χ4n) is 0.923. The summed E-state index contributed by atoms with van der Waals surface area (Å²) in [5.41, 5.74) is 6.27. The Hall–Kier alpha value is -1.57. The van der Waals surface area contributed by atoms with Crippen molar-refractivity contribution in [1.82, 2.24) is 30.2 Å². The maximum Gasteiger partial charge on any atom is 0.216 e. The third-order valence-corrected chi connectivity index (χ3v) is 2.36. The SMILES string of the molecule is Cn1cc(CSc2n[nH]c(N)n2)nn1. The number of nitrogens with two attached hydrogens (primary N) is 1. The molecule has 2 heterocycles. The smallest absolute Gasteiger partial charge is 0.216 e. The third-order valence-electron chi connectivity index (χ3n) is 1.48. The van der Waals surface area contributed by atoms with Crippen molar-refractivity contribution < 1.29 is 0 Å². The van der Waals surface area contributed by atoms with E-state index in [1.165, 1.54) is 11.8 Å². The molecule has 0 unspecified atom stereocenters. The van der Waals surface area contributed by atoms with Crippen LogP contribution in [0, 0.1) is 0 Å². The summed E-state index contributed by atoms with van der Waals surface area (Å²) in [4.78, 5) is 3.95. The van der Waals surface area contributed by atoms with E-state index in [-0.39, 0.29) is 0 Å². The van der Waals surface area contributed by atoms with E-state index >= 15 is 0 Å². The molecule has 0 aliphatic carbocycles. The zero-order valence-electron chi connectivity index (χ0n) is 7.51. The van der Waals surface area contributed by atoms with Crippen molar-refractivity contribution in [2.45, 2.75) is 10.9 Å². The molecule has 0 atom stereocenters. The van der Waals surface area contributed by atoms with Crippen molar-refractivity contribution in [1.29, 1.82) is 0 Å². The molecule has 0 bridgehead atoms. The summed E-state index contributed by atoms with van der Waals surface area (Å²) in [7, 11) is 1.83. The average Bonchev–Trinajstić information content (AvgIpc) is 2.72. The molecule has 0 spiro atoms. The lowest BCUT2D eigenvalue weighted by Crippen LogP contribution is -1.85. The lowest BCUT2D eigenvalue weighted by Gasteiger charge is -1.89. The molecule has 0 aliphatic rings. The molecule has 2 rings (SSSR count). The minimum atomic E-state index is 0.326. The normalized spacial score (nSPS) is 10.6. The van der Waals surface area contributed by atoms with Gasteiger partial charge in [0.05, 0.1) is 5.69 Å². The van der Waals surface area contributed by atoms with Gasteiger partial charge < -0.3 is 5.73 Å². The Morgan fingerprint density at radius 3 is 3.07 bits per heavy atom. The number of nitrogens with zero attached hydrogens (tertiary/aromatic N) is 5. The van der Waals surface area contributed by atoms with Gasteiger partial charge >= 0.3 is 0 Å². The van der Waals surface area contributed by atoms with E-state index in [0.717, 1.165) is 5.69 Å². The molecule has 0 radical (unpaired) electrons. The van der Waals surface area contributed by atoms with Gasteiger partial charge in [0.2, 0.25) is 11.1 Å². The molecule has 8 heteroatoms. The van der Waals surface area contributed by atoms with Gasteiger partial charge in [0, 0.05) is 19.0 Å². The van der Waals surface area contributed by atoms with E-state index < -0.39 is 0 Å². The Morgan fingerprint density at radius 1 is 1.64 bits per heavy atom. The van der Waals surface area contributed by atoms with Crippen LogP contribution in [-0.4, -0.2) is 30.2 Å². The quantitative estimate of drug-likeness (QED) is 0.683. The van der Waals surface area contributed by atoms with Crippen molar-refractivity contribution in [2.24, 2.45) is 7.05 Å². The Kier molecular flexibility index (Phi) is 2.35. The minimum Gasteiger partial charge on any atom is -0.368 e. The van der Waals surface area contributed by atoms with E-state index in [9.17, 15) is 0 Å². The lowest BCUT2D eigenvalue weighted by molar-refractivity contribution is 0.714. The van der Waals surface area contributed by atoms with Gasteiger partial charge in [-0.2, -0.15) is 4.98 Å². The summed E-state index contributed by atoms with van der Waals surface area (Å²) in [6.07, 6.45) is 1.85. The second kappa shape index (κ2) is 3.66. The maximum atomic E-state index is 5.38. The zero-order chi connectivity index (χ0) is 9.97. The number of aryl methyl sites for hydroxylation is 1. The lowest BCUT2D eigenvalue weighted by atomic mass is 10.6. The van der Waals surface area contributed by atoms with Gasteiger partial charge in [0.1, 0.15) is 0 Å². The van der Waals surface area contributed by atoms with Crippen molar-refractivity contribution in [3.8, 4) is 0 Å². The summed E-state index contributed by atoms with van der Waals surface area (Å²) in [5, 5.41) is 14.8. The number of aromatic amines is 1. The largest absolute Gasteiger partial charge is 0.368 e. The van der Waals surface area contributed by atoms with Gasteiger partial charge in [-0.05, 0) is 0 Å². The number of hydrogen-bond acceptors (Lipinski definition) is 6. The van der Waals surface area contributed by atoms with Crippen LogP contribution in [0.1, 0.15) is 5.69 Å². The second-order valence-corrected chi connectivity index (χ2v) is 3.62. The summed E-state index contributed by atoms with van der Waals surface area (Å²) in [5.74, 6) is 1.01. The van der Waals surface area contributed by atoms with E-state index in [1.807, 2.05) is 13.2 Å². The number of nitrogen functional groups attached to an aromatic ring is 1. The molecule has 2 aromatic rings. The molecule has 0 aromatic carbocycles. The monoisotopic (exact) mass is 211 g/mol. The predicted octanol–water partition coefficient (Wildman–Crippen LogP) is -0.192. The highest BCUT2D eigenvalue weighted by Gasteiger charge is 2.03. The van der Waals surface area contributed by atoms with Crippen LogP contribution in [0.5, 0.6) is 0 Å². The summed E-state index contributed by atoms with van der Waals surface area (Å²) < 4.78 is 1.65. The van der Waals surface area contributed by atoms with Crippen LogP contribution in [-0.2, 0) is 12.8 Å². The minimum absolute atomic E-state index is 0.326. The van der Waals surface area contributed by atoms with Crippen molar-refractivity contribution in [3.63, 3.8) is 0 Å². The fourth-order valence-corrected chi connectivity index (χ4v) is 1.60. The van der Waals surface area contributed by atoms with Crippen molar-refractivity contribution in [2.75, 3.05) is 5.73 Å². The Labute approximate surface area is 84.1 Å². The van der Waals surface area contributed by atoms with Crippen molar-refractivity contribution >= 4 is 17.7 Å². The van der Waals surface area contributed by atoms with Gasteiger partial charge in [0.15, 0.2) is 0 Å². The standard InChI is InChI=1S/C6H9N7S/c1-13-2-4(9-12-13)3-14-6-8-5(7)10-11-6/h2H,3H2,1H3,(H3,7,8,10,11). The first kappa shape index (κ1) is 9.00. The summed E-state index contributed by atoms with van der Waals surface area (Å²) in [6.45, 7) is 0. The Balaban J connectivity index is 1.94. The van der Waals surface area contributed by atoms with Gasteiger partial charge in [0.25, 0.3) is 0 Å². The molecule has 7 nitrogen and oxygen atoms in total. The molecule has 2 aromatic heterocycles. The maximum absolute atomic E-state index is 5.38. The molecular weight excluding hydrogens is 202 g/mol. The van der Waals surface area contributed by atoms with Crippen molar-refractivity contribution in [3.05, 3.63) is 11.9 Å². The molecule has 0 aliphatic heterocycles. The molecule has 0 saturated carbocycles. The first-order valence-electron chi connectivity index (χ1n) is 3.90. The molecule has 0 fully saturated rings. The molecule has 3 N–H and O–H groups in total. The van der Waals surface area contributed by atoms with Crippen LogP contribution in [0.2, 0.25) is 0 Å². The molecule has 0 amide bonds. The highest BCUT2D eigenvalue weighted by molar-refractivity contribution is 7.98. The number of anilines is 1. The number of nitrogens with one attached hydrogen (secondary N) is 1. The van der Waals surface area contributed by atoms with Crippen LogP contribution in [0.15, 0.2) is 11.4 Å². The Bertz CT molecular complexity index is 379. The summed E-state index contributed by atoms with van der Waals surface area (Å²) in [6, 6.07) is 0. The molecular formula is C6H9N7S. The Morgan fingerprint density at radius 2 is 2.50 bits per heavy atom. The number of aromatic nitrogens is 6. The van der Waals surface area contributed by atoms with Gasteiger partial charge in [-0.25, -0.2) is 5.10 Å². The molecule has 0 saturated heterocycles. The highest BCUT2D eigenvalue weighted by atomic mass is 32.2. The fraction of sp³-hybridized carbons (Fsp3) is 0.333. The van der Waals surface area contributed by atoms with Gasteiger partial charge in [-0.3, -0.25) is 4.68 Å². The van der Waals surface area contributed by atoms with Crippen LogP contribution in [0.4, 0.5) is 5.95 Å². The molecule has 14 heavy (non-hydrogen) atoms. The summed E-state index contributed by atoms with van der Waals surface area (Å²) >= 11 is 1.46. The van der Waals surface area contributed by atoms with Crippen LogP contribution >= 0.6 is 11.8 Å². The number of hydrogen-bond donors (Lipinski definition) is 2. The van der Waals surface area contributed by atoms with Gasteiger partial charge in [-0.1, -0.05) is 17.0 Å². The van der Waals surface area contributed by atoms with E-state index in [2.05, 4.69) is 25.5 Å². The second-order valence-electron chi connectivity index (χ2n) is 2.68. The number of H-pyrrole nitrogens is 1. The number of rotatable bonds is 3. The predicted molar refractivity (Wildman–Crippen MR) is 51.4 cm³/mol. The number of thioether (sulfide) groups is 1. The first-order valence-corrected chi connectivity index (χ1v) is 4.88. The van der Waals surface area contributed by atoms with E-state index in [4.69, 9.17) is 5.73 Å². The van der Waals surface area contributed by atoms with E-state index in [1.54, 1.807) is 4.68 Å². The van der Waals surface area contributed by atoms with Crippen LogP contribution in [0.3, 0.4) is 0 Å².